The molecule has 0 amide bonds. The van der Waals surface area contributed by atoms with E-state index in [1.807, 2.05) is 0 Å². The van der Waals surface area contributed by atoms with Crippen LogP contribution in [0.4, 0.5) is 0 Å². The molecule has 0 heterocycles. The number of hydrogen-bond acceptors (Lipinski definition) is 6. The van der Waals surface area contributed by atoms with Gasteiger partial charge in [-0.1, -0.05) is 333 Å². The van der Waals surface area contributed by atoms with Gasteiger partial charge in [-0.3, -0.25) is 14.4 Å². The maximum absolute atomic E-state index is 12.9. The van der Waals surface area contributed by atoms with Gasteiger partial charge in [0.1, 0.15) is 13.2 Å². The molecule has 444 valence electrons. The van der Waals surface area contributed by atoms with E-state index in [-0.39, 0.29) is 31.1 Å². The normalized spacial score (nSPS) is 12.3. The highest BCUT2D eigenvalue weighted by Crippen LogP contribution is 2.18. The molecule has 76 heavy (non-hydrogen) atoms. The molecule has 0 rings (SSSR count). The largest absolute Gasteiger partial charge is 0.462 e. The zero-order valence-corrected chi connectivity index (χ0v) is 51.0. The molecule has 0 saturated heterocycles. The minimum Gasteiger partial charge on any atom is -0.462 e. The number of carbonyl (C=O) groups is 3. The maximum atomic E-state index is 12.9. The number of ether oxygens (including phenoxy) is 3. The molecular formula is C70H128O6. The minimum absolute atomic E-state index is 0.0715. The fourth-order valence-electron chi connectivity index (χ4n) is 10.1. The zero-order chi connectivity index (χ0) is 55.0. The van der Waals surface area contributed by atoms with Crippen LogP contribution < -0.4 is 0 Å². The van der Waals surface area contributed by atoms with Crippen LogP contribution in [0.25, 0.3) is 0 Å². The molecule has 0 bridgehead atoms. The minimum atomic E-state index is -0.774. The first-order valence-electron chi connectivity index (χ1n) is 33.6. The van der Waals surface area contributed by atoms with Crippen LogP contribution in [0.2, 0.25) is 0 Å². The summed E-state index contributed by atoms with van der Waals surface area (Å²) in [6, 6.07) is 0. The molecule has 0 spiro atoms. The van der Waals surface area contributed by atoms with Crippen molar-refractivity contribution in [1.29, 1.82) is 0 Å². The predicted octanol–water partition coefficient (Wildman–Crippen LogP) is 22.9. The van der Waals surface area contributed by atoms with Gasteiger partial charge in [0.15, 0.2) is 6.10 Å². The van der Waals surface area contributed by atoms with E-state index in [0.717, 1.165) is 89.9 Å². The Labute approximate surface area is 473 Å². The van der Waals surface area contributed by atoms with E-state index < -0.39 is 6.10 Å². The van der Waals surface area contributed by atoms with Gasteiger partial charge in [-0.2, -0.15) is 0 Å². The average molecular weight is 1070 g/mol. The Kier molecular flexibility index (Phi) is 62.6. The number of hydrogen-bond donors (Lipinski definition) is 0. The van der Waals surface area contributed by atoms with Crippen molar-refractivity contribution >= 4 is 17.9 Å². The highest BCUT2D eigenvalue weighted by Gasteiger charge is 2.19. The molecule has 0 aliphatic rings. The topological polar surface area (TPSA) is 78.9 Å². The summed E-state index contributed by atoms with van der Waals surface area (Å²) >= 11 is 0. The Morgan fingerprint density at radius 1 is 0.276 bits per heavy atom. The van der Waals surface area contributed by atoms with Crippen molar-refractivity contribution in [2.24, 2.45) is 0 Å². The van der Waals surface area contributed by atoms with E-state index >= 15 is 0 Å². The standard InChI is InChI=1S/C70H128O6/c1-4-7-10-13-16-19-22-24-26-28-30-32-33-34-35-36-37-39-40-42-44-46-48-51-54-57-60-63-69(72)75-66-67(65-74-68(71)62-59-56-53-50-21-18-15-12-9-6-3)76-70(73)64-61-58-55-52-49-47-45-43-41-38-31-29-27-25-23-20-17-14-11-8-5-2/h8,11,17,20,25,27,31,38,67H,4-7,9-10,12-16,18-19,21-24,26,28-30,32-37,39-66H2,1-3H3/b11-8-,20-17-,27-25-,38-31-. The van der Waals surface area contributed by atoms with Gasteiger partial charge in [0.25, 0.3) is 0 Å². The third-order valence-electron chi connectivity index (χ3n) is 15.1. The summed E-state index contributed by atoms with van der Waals surface area (Å²) in [5, 5.41) is 0. The van der Waals surface area contributed by atoms with Gasteiger partial charge in [0.2, 0.25) is 0 Å². The van der Waals surface area contributed by atoms with Crippen molar-refractivity contribution in [2.75, 3.05) is 13.2 Å². The molecule has 6 heteroatoms. The molecule has 0 radical (unpaired) electrons. The van der Waals surface area contributed by atoms with Crippen molar-refractivity contribution in [1.82, 2.24) is 0 Å². The van der Waals surface area contributed by atoms with Gasteiger partial charge in [-0.15, -0.1) is 0 Å². The molecule has 0 N–H and O–H groups in total. The van der Waals surface area contributed by atoms with E-state index in [9.17, 15) is 14.4 Å². The van der Waals surface area contributed by atoms with Gasteiger partial charge in [-0.05, 0) is 57.8 Å². The molecule has 0 aromatic rings. The lowest BCUT2D eigenvalue weighted by molar-refractivity contribution is -0.167. The molecule has 0 fully saturated rings. The maximum Gasteiger partial charge on any atom is 0.306 e. The summed E-state index contributed by atoms with van der Waals surface area (Å²) in [6.45, 7) is 6.57. The smallest absolute Gasteiger partial charge is 0.306 e. The second-order valence-electron chi connectivity index (χ2n) is 22.7. The number of carbonyl (C=O) groups excluding carboxylic acids is 3. The Hall–Kier alpha value is -2.63. The average Bonchev–Trinajstić information content (AvgIpc) is 3.42. The lowest BCUT2D eigenvalue weighted by Crippen LogP contribution is -2.30. The van der Waals surface area contributed by atoms with Crippen molar-refractivity contribution < 1.29 is 28.6 Å². The van der Waals surface area contributed by atoms with Crippen LogP contribution in [-0.2, 0) is 28.6 Å². The summed E-state index contributed by atoms with van der Waals surface area (Å²) in [7, 11) is 0. The van der Waals surface area contributed by atoms with Crippen LogP contribution in [0.15, 0.2) is 48.6 Å². The number of unbranched alkanes of at least 4 members (excludes halogenated alkanes) is 43. The fraction of sp³-hybridized carbons (Fsp3) is 0.843. The molecule has 6 nitrogen and oxygen atoms in total. The molecule has 1 unspecified atom stereocenters. The lowest BCUT2D eigenvalue weighted by Gasteiger charge is -2.18. The monoisotopic (exact) mass is 1060 g/mol. The summed E-state index contributed by atoms with van der Waals surface area (Å²) in [5.41, 5.74) is 0. The first-order chi connectivity index (χ1) is 37.5. The van der Waals surface area contributed by atoms with Crippen LogP contribution in [0.3, 0.4) is 0 Å². The van der Waals surface area contributed by atoms with Crippen LogP contribution in [0.5, 0.6) is 0 Å². The molecule has 0 saturated carbocycles. The van der Waals surface area contributed by atoms with E-state index in [1.165, 1.54) is 231 Å². The first kappa shape index (κ1) is 73.4. The van der Waals surface area contributed by atoms with Gasteiger partial charge in [0, 0.05) is 19.3 Å². The summed E-state index contributed by atoms with van der Waals surface area (Å²) in [5.74, 6) is -0.859. The van der Waals surface area contributed by atoms with Crippen LogP contribution in [0.1, 0.15) is 361 Å². The number of esters is 3. The van der Waals surface area contributed by atoms with Crippen LogP contribution in [0, 0.1) is 0 Å². The zero-order valence-electron chi connectivity index (χ0n) is 51.0. The Morgan fingerprint density at radius 3 is 0.803 bits per heavy atom. The fourth-order valence-corrected chi connectivity index (χ4v) is 10.1. The van der Waals surface area contributed by atoms with Gasteiger partial charge >= 0.3 is 17.9 Å². The van der Waals surface area contributed by atoms with Gasteiger partial charge in [-0.25, -0.2) is 0 Å². The van der Waals surface area contributed by atoms with Crippen molar-refractivity contribution in [2.45, 2.75) is 367 Å². The molecule has 0 aliphatic heterocycles. The number of allylic oxidation sites excluding steroid dienone is 8. The quantitative estimate of drug-likeness (QED) is 0.0261. The van der Waals surface area contributed by atoms with Crippen molar-refractivity contribution in [3.05, 3.63) is 48.6 Å². The lowest BCUT2D eigenvalue weighted by atomic mass is 10.0. The summed E-state index contributed by atoms with van der Waals surface area (Å²) in [4.78, 5) is 38.3. The molecule has 0 aliphatic carbocycles. The van der Waals surface area contributed by atoms with E-state index in [4.69, 9.17) is 14.2 Å². The number of rotatable bonds is 62. The predicted molar refractivity (Wildman–Crippen MR) is 330 cm³/mol. The first-order valence-corrected chi connectivity index (χ1v) is 33.6. The Bertz CT molecular complexity index is 1310. The summed E-state index contributed by atoms with van der Waals surface area (Å²) < 4.78 is 16.9. The van der Waals surface area contributed by atoms with Gasteiger partial charge in [0.05, 0.1) is 0 Å². The SMILES string of the molecule is CC/C=C\C/C=C\C/C=C\C/C=C\CCCCCCCCCCC(=O)OC(COC(=O)CCCCCCCCCCCC)COC(=O)CCCCCCCCCCCCCCCCCCCCCCCCCCCCC. The highest BCUT2D eigenvalue weighted by atomic mass is 16.6. The van der Waals surface area contributed by atoms with E-state index in [2.05, 4.69) is 69.4 Å². The van der Waals surface area contributed by atoms with Crippen LogP contribution >= 0.6 is 0 Å². The third kappa shape index (κ3) is 62.2. The Morgan fingerprint density at radius 2 is 0.513 bits per heavy atom. The van der Waals surface area contributed by atoms with Crippen molar-refractivity contribution in [3.8, 4) is 0 Å². The van der Waals surface area contributed by atoms with Gasteiger partial charge < -0.3 is 14.2 Å². The van der Waals surface area contributed by atoms with Crippen LogP contribution in [-0.4, -0.2) is 37.2 Å². The highest BCUT2D eigenvalue weighted by molar-refractivity contribution is 5.71. The molecular weight excluding hydrogens is 937 g/mol. The molecule has 1 atom stereocenters. The van der Waals surface area contributed by atoms with E-state index in [0.29, 0.717) is 19.3 Å². The third-order valence-corrected chi connectivity index (χ3v) is 15.1. The second-order valence-corrected chi connectivity index (χ2v) is 22.7. The van der Waals surface area contributed by atoms with Crippen molar-refractivity contribution in [3.63, 3.8) is 0 Å². The molecule has 0 aromatic heterocycles. The van der Waals surface area contributed by atoms with E-state index in [1.54, 1.807) is 0 Å². The summed E-state index contributed by atoms with van der Waals surface area (Å²) in [6.07, 6.45) is 81.4. The Balaban J connectivity index is 4.16. The second kappa shape index (κ2) is 64.9. The molecule has 0 aromatic carbocycles.